The maximum absolute atomic E-state index is 14.8. The lowest BCUT2D eigenvalue weighted by atomic mass is 9.63. The Morgan fingerprint density at radius 2 is 1.67 bits per heavy atom. The van der Waals surface area contributed by atoms with Crippen LogP contribution >= 0.6 is 11.6 Å². The molecule has 2 fully saturated rings. The van der Waals surface area contributed by atoms with Crippen LogP contribution < -0.4 is 0 Å². The molecule has 4 rings (SSSR count). The Kier molecular flexibility index (Phi) is 5.55. The molecule has 0 spiro atoms. The van der Waals surface area contributed by atoms with Crippen molar-refractivity contribution in [2.75, 3.05) is 0 Å². The third-order valence-electron chi connectivity index (χ3n) is 6.99. The number of hydrogen-bond donors (Lipinski definition) is 0. The summed E-state index contributed by atoms with van der Waals surface area (Å²) in [5, 5.41) is 0.0605. The highest BCUT2D eigenvalue weighted by molar-refractivity contribution is 6.30. The molecule has 2 aromatic carbocycles. The lowest BCUT2D eigenvalue weighted by molar-refractivity contribution is 0.116. The van der Waals surface area contributed by atoms with Crippen LogP contribution in [-0.4, -0.2) is 0 Å². The number of benzene rings is 2. The van der Waals surface area contributed by atoms with E-state index in [-0.39, 0.29) is 10.8 Å². The van der Waals surface area contributed by atoms with E-state index in [9.17, 15) is 8.78 Å². The molecule has 144 valence electrons. The van der Waals surface area contributed by atoms with Crippen molar-refractivity contribution >= 4 is 11.6 Å². The Morgan fingerprint density at radius 1 is 0.889 bits per heavy atom. The summed E-state index contributed by atoms with van der Waals surface area (Å²) in [5.74, 6) is 2.26. The molecule has 3 heteroatoms. The molecule has 0 saturated heterocycles. The molecule has 0 N–H and O–H groups in total. The van der Waals surface area contributed by atoms with Crippen LogP contribution in [0.4, 0.5) is 8.78 Å². The highest BCUT2D eigenvalue weighted by atomic mass is 35.5. The van der Waals surface area contributed by atoms with E-state index in [0.717, 1.165) is 29.7 Å². The van der Waals surface area contributed by atoms with Gasteiger partial charge in [0.15, 0.2) is 0 Å². The highest BCUT2D eigenvalue weighted by Crippen LogP contribution is 2.48. The fourth-order valence-corrected chi connectivity index (χ4v) is 5.46. The second kappa shape index (κ2) is 7.91. The minimum absolute atomic E-state index is 0.0605. The van der Waals surface area contributed by atoms with Crippen molar-refractivity contribution in [1.82, 2.24) is 0 Å². The average Bonchev–Trinajstić information content (AvgIpc) is 2.69. The summed E-state index contributed by atoms with van der Waals surface area (Å²) in [7, 11) is 0. The van der Waals surface area contributed by atoms with Gasteiger partial charge < -0.3 is 0 Å². The molecule has 2 saturated carbocycles. The van der Waals surface area contributed by atoms with E-state index in [4.69, 9.17) is 11.6 Å². The molecule has 0 nitrogen and oxygen atoms in total. The molecular formula is C24H27ClF2. The molecule has 2 aromatic rings. The van der Waals surface area contributed by atoms with Gasteiger partial charge in [0.05, 0.1) is 5.02 Å². The smallest absolute Gasteiger partial charge is 0.142 e. The topological polar surface area (TPSA) is 0 Å². The third kappa shape index (κ3) is 3.92. The van der Waals surface area contributed by atoms with Crippen LogP contribution in [0.3, 0.4) is 0 Å². The fraction of sp³-hybridized carbons (Fsp3) is 0.500. The summed E-state index contributed by atoms with van der Waals surface area (Å²) in [6.07, 6.45) is 9.02. The predicted molar refractivity (Wildman–Crippen MR) is 108 cm³/mol. The second-order valence-corrected chi connectivity index (χ2v) is 8.89. The zero-order valence-electron chi connectivity index (χ0n) is 15.9. The first-order chi connectivity index (χ1) is 13.0. The predicted octanol–water partition coefficient (Wildman–Crippen LogP) is 8.00. The molecule has 0 radical (unpaired) electrons. The molecule has 4 unspecified atom stereocenters. The van der Waals surface area contributed by atoms with E-state index in [0.29, 0.717) is 17.0 Å². The highest BCUT2D eigenvalue weighted by Gasteiger charge is 2.35. The number of halogens is 3. The first kappa shape index (κ1) is 18.9. The Hall–Kier alpha value is -1.41. The number of rotatable bonds is 3. The first-order valence-electron chi connectivity index (χ1n) is 10.3. The minimum atomic E-state index is -0.515. The average molecular weight is 389 g/mol. The number of hydrogen-bond acceptors (Lipinski definition) is 0. The summed E-state index contributed by atoms with van der Waals surface area (Å²) >= 11 is 5.74. The molecule has 0 amide bonds. The first-order valence-corrected chi connectivity index (χ1v) is 10.7. The summed E-state index contributed by atoms with van der Waals surface area (Å²) < 4.78 is 28.5. The van der Waals surface area contributed by atoms with E-state index in [1.807, 2.05) is 6.07 Å². The lowest BCUT2D eigenvalue weighted by Gasteiger charge is -2.42. The second-order valence-electron chi connectivity index (χ2n) is 8.49. The number of fused-ring (bicyclic) bond motifs is 1. The van der Waals surface area contributed by atoms with E-state index in [1.54, 1.807) is 18.2 Å². The van der Waals surface area contributed by atoms with Gasteiger partial charge in [-0.2, -0.15) is 0 Å². The van der Waals surface area contributed by atoms with Gasteiger partial charge >= 0.3 is 0 Å². The Balaban J connectivity index is 1.50. The van der Waals surface area contributed by atoms with E-state index >= 15 is 0 Å². The van der Waals surface area contributed by atoms with E-state index < -0.39 is 5.82 Å². The molecular weight excluding hydrogens is 362 g/mol. The van der Waals surface area contributed by atoms with Crippen LogP contribution in [0.5, 0.6) is 0 Å². The van der Waals surface area contributed by atoms with Crippen LogP contribution in [0.2, 0.25) is 5.02 Å². The van der Waals surface area contributed by atoms with Crippen molar-refractivity contribution in [2.24, 2.45) is 17.8 Å². The van der Waals surface area contributed by atoms with Gasteiger partial charge in [0, 0.05) is 5.56 Å². The molecule has 0 aliphatic heterocycles. The zero-order chi connectivity index (χ0) is 19.0. The summed E-state index contributed by atoms with van der Waals surface area (Å²) in [6, 6.07) is 9.96. The standard InChI is InChI=1S/C24H27ClF2/c1-2-15-3-4-17-12-18(6-5-16(17)11-15)19-7-9-21(23(26)13-19)20-8-10-22(25)24(27)14-20/h7-10,13-18H,2-6,11-12H2,1H3. The SMILES string of the molecule is CCC1CCC2CC(c3ccc(-c4ccc(Cl)c(F)c4)c(F)c3)CCC2C1. The van der Waals surface area contributed by atoms with Crippen LogP contribution in [0.25, 0.3) is 11.1 Å². The Labute approximate surface area is 165 Å². The molecule has 2 aliphatic carbocycles. The van der Waals surface area contributed by atoms with Gasteiger partial charge in [0.2, 0.25) is 0 Å². The van der Waals surface area contributed by atoms with Crippen molar-refractivity contribution in [1.29, 1.82) is 0 Å². The molecule has 2 aliphatic rings. The molecule has 0 aromatic heterocycles. The van der Waals surface area contributed by atoms with Crippen LogP contribution in [0.15, 0.2) is 36.4 Å². The quantitative estimate of drug-likeness (QED) is 0.499. The van der Waals surface area contributed by atoms with Gasteiger partial charge in [-0.15, -0.1) is 0 Å². The molecule has 0 heterocycles. The maximum atomic E-state index is 14.8. The third-order valence-corrected chi connectivity index (χ3v) is 7.30. The minimum Gasteiger partial charge on any atom is -0.206 e. The monoisotopic (exact) mass is 388 g/mol. The van der Waals surface area contributed by atoms with E-state index in [1.165, 1.54) is 50.7 Å². The summed E-state index contributed by atoms with van der Waals surface area (Å²) in [4.78, 5) is 0. The van der Waals surface area contributed by atoms with Crippen molar-refractivity contribution in [3.05, 3.63) is 58.6 Å². The van der Waals surface area contributed by atoms with Crippen molar-refractivity contribution in [3.63, 3.8) is 0 Å². The van der Waals surface area contributed by atoms with Crippen molar-refractivity contribution < 1.29 is 8.78 Å². The summed E-state index contributed by atoms with van der Waals surface area (Å²) in [5.41, 5.74) is 2.07. The lowest BCUT2D eigenvalue weighted by Crippen LogP contribution is -2.30. The molecule has 4 atom stereocenters. The van der Waals surface area contributed by atoms with Gasteiger partial charge in [-0.1, -0.05) is 49.6 Å². The van der Waals surface area contributed by atoms with Gasteiger partial charge in [-0.3, -0.25) is 0 Å². The van der Waals surface area contributed by atoms with Crippen LogP contribution in [0.1, 0.15) is 63.4 Å². The fourth-order valence-electron chi connectivity index (χ4n) is 5.34. The summed E-state index contributed by atoms with van der Waals surface area (Å²) in [6.45, 7) is 2.31. The van der Waals surface area contributed by atoms with Gasteiger partial charge in [-0.05, 0) is 85.1 Å². The van der Waals surface area contributed by atoms with Crippen molar-refractivity contribution in [3.8, 4) is 11.1 Å². The van der Waals surface area contributed by atoms with E-state index in [2.05, 4.69) is 6.92 Å². The van der Waals surface area contributed by atoms with Gasteiger partial charge in [0.25, 0.3) is 0 Å². The molecule has 0 bridgehead atoms. The van der Waals surface area contributed by atoms with Gasteiger partial charge in [0.1, 0.15) is 11.6 Å². The zero-order valence-corrected chi connectivity index (χ0v) is 16.6. The van der Waals surface area contributed by atoms with Gasteiger partial charge in [-0.25, -0.2) is 8.78 Å². The maximum Gasteiger partial charge on any atom is 0.142 e. The van der Waals surface area contributed by atoms with Crippen molar-refractivity contribution in [2.45, 2.75) is 57.8 Å². The largest absolute Gasteiger partial charge is 0.206 e. The van der Waals surface area contributed by atoms with Crippen LogP contribution in [0, 0.1) is 29.4 Å². The van der Waals surface area contributed by atoms with Crippen LogP contribution in [-0.2, 0) is 0 Å². The Bertz CT molecular complexity index is 816. The Morgan fingerprint density at radius 3 is 2.41 bits per heavy atom. The molecule has 27 heavy (non-hydrogen) atoms. The normalized spacial score (nSPS) is 28.0.